The molecule has 1 atom stereocenters. The summed E-state index contributed by atoms with van der Waals surface area (Å²) in [6.07, 6.45) is 0.609. The zero-order valence-corrected chi connectivity index (χ0v) is 16.7. The van der Waals surface area contributed by atoms with E-state index in [1.165, 1.54) is 0 Å². The number of amides is 1. The van der Waals surface area contributed by atoms with Crippen molar-refractivity contribution < 1.29 is 19.0 Å². The van der Waals surface area contributed by atoms with Crippen LogP contribution in [0.4, 0.5) is 10.5 Å². The van der Waals surface area contributed by atoms with Crippen LogP contribution in [-0.4, -0.2) is 56.4 Å². The Bertz CT molecular complexity index is 685. The molecule has 0 aliphatic carbocycles. The summed E-state index contributed by atoms with van der Waals surface area (Å²) in [6, 6.07) is 5.43. The molecule has 2 rings (SSSR count). The van der Waals surface area contributed by atoms with Crippen molar-refractivity contribution in [3.63, 3.8) is 0 Å². The molecular weight excluding hydrogens is 348 g/mol. The Morgan fingerprint density at radius 1 is 1.30 bits per heavy atom. The van der Waals surface area contributed by atoms with Crippen LogP contribution < -0.4 is 20.5 Å². The Kier molecular flexibility index (Phi) is 6.76. The lowest BCUT2D eigenvalue weighted by Gasteiger charge is -2.24. The third kappa shape index (κ3) is 6.23. The van der Waals surface area contributed by atoms with E-state index in [0.29, 0.717) is 37.1 Å². The first kappa shape index (κ1) is 20.7. The lowest BCUT2D eigenvalue weighted by Crippen LogP contribution is -2.35. The summed E-state index contributed by atoms with van der Waals surface area (Å²) >= 11 is 0. The van der Waals surface area contributed by atoms with Crippen LogP contribution in [0.3, 0.4) is 0 Å². The summed E-state index contributed by atoms with van der Waals surface area (Å²) in [5, 5.41) is 3.04. The first-order valence-electron chi connectivity index (χ1n) is 8.98. The minimum Gasteiger partial charge on any atom is -0.493 e. The van der Waals surface area contributed by atoms with Crippen molar-refractivity contribution in [3.8, 4) is 11.5 Å². The van der Waals surface area contributed by atoms with Crippen molar-refractivity contribution in [3.05, 3.63) is 18.2 Å². The van der Waals surface area contributed by atoms with Crippen LogP contribution in [0.5, 0.6) is 11.5 Å². The zero-order valence-electron chi connectivity index (χ0n) is 16.7. The monoisotopic (exact) mass is 378 g/mol. The highest BCUT2D eigenvalue weighted by atomic mass is 16.6. The molecule has 0 aromatic heterocycles. The summed E-state index contributed by atoms with van der Waals surface area (Å²) in [4.78, 5) is 18.2. The van der Waals surface area contributed by atoms with Gasteiger partial charge in [0.1, 0.15) is 5.60 Å². The van der Waals surface area contributed by atoms with Gasteiger partial charge in [-0.25, -0.2) is 4.79 Å². The number of rotatable bonds is 5. The molecule has 0 radical (unpaired) electrons. The van der Waals surface area contributed by atoms with E-state index in [0.717, 1.165) is 12.1 Å². The van der Waals surface area contributed by atoms with Crippen LogP contribution in [0.15, 0.2) is 23.2 Å². The average Bonchev–Trinajstić information content (AvgIpc) is 3.07. The lowest BCUT2D eigenvalue weighted by atomic mass is 10.1. The van der Waals surface area contributed by atoms with Crippen LogP contribution in [0.1, 0.15) is 27.2 Å². The molecule has 27 heavy (non-hydrogen) atoms. The highest BCUT2D eigenvalue weighted by Gasteiger charge is 2.29. The van der Waals surface area contributed by atoms with E-state index in [2.05, 4.69) is 10.3 Å². The number of nitrogens with one attached hydrogen (secondary N) is 1. The number of hydrogen-bond donors (Lipinski definition) is 2. The number of carbonyl (C=O) groups excluding carboxylic acids is 1. The van der Waals surface area contributed by atoms with Gasteiger partial charge in [-0.1, -0.05) is 0 Å². The molecule has 1 saturated heterocycles. The van der Waals surface area contributed by atoms with Gasteiger partial charge in [0, 0.05) is 31.4 Å². The second-order valence-corrected chi connectivity index (χ2v) is 7.50. The summed E-state index contributed by atoms with van der Waals surface area (Å²) in [7, 11) is 3.17. The van der Waals surface area contributed by atoms with Gasteiger partial charge >= 0.3 is 6.09 Å². The van der Waals surface area contributed by atoms with E-state index >= 15 is 0 Å². The fourth-order valence-corrected chi connectivity index (χ4v) is 2.80. The number of methoxy groups -OCH3 is 2. The molecule has 1 aliphatic heterocycles. The summed E-state index contributed by atoms with van der Waals surface area (Å²) in [5.41, 5.74) is 6.26. The van der Waals surface area contributed by atoms with Crippen molar-refractivity contribution in [2.75, 3.05) is 39.2 Å². The molecule has 8 nitrogen and oxygen atoms in total. The molecule has 0 bridgehead atoms. The molecule has 8 heteroatoms. The topological polar surface area (TPSA) is 98.4 Å². The minimum absolute atomic E-state index is 0.267. The SMILES string of the molecule is COc1ccc(NC(N)=NCC2CCN(C(=O)OC(C)(C)C)C2)cc1OC. The van der Waals surface area contributed by atoms with Crippen molar-refractivity contribution >= 4 is 17.7 Å². The van der Waals surface area contributed by atoms with Crippen molar-refractivity contribution in [1.29, 1.82) is 0 Å². The Balaban J connectivity index is 1.86. The standard InChI is InChI=1S/C19H30N4O4/c1-19(2,3)27-18(24)23-9-8-13(12-23)11-21-17(20)22-14-6-7-15(25-4)16(10-14)26-5/h6-7,10,13H,8-9,11-12H2,1-5H3,(H3,20,21,22). The summed E-state index contributed by atoms with van der Waals surface area (Å²) < 4.78 is 15.9. The van der Waals surface area contributed by atoms with E-state index < -0.39 is 5.60 Å². The van der Waals surface area contributed by atoms with Gasteiger partial charge in [-0.05, 0) is 45.2 Å². The lowest BCUT2D eigenvalue weighted by molar-refractivity contribution is 0.0289. The fraction of sp³-hybridized carbons (Fsp3) is 0.579. The average molecular weight is 378 g/mol. The van der Waals surface area contributed by atoms with Gasteiger partial charge in [0.05, 0.1) is 14.2 Å². The highest BCUT2D eigenvalue weighted by molar-refractivity contribution is 5.92. The first-order valence-corrected chi connectivity index (χ1v) is 8.98. The second-order valence-electron chi connectivity index (χ2n) is 7.50. The van der Waals surface area contributed by atoms with E-state index in [9.17, 15) is 4.79 Å². The maximum Gasteiger partial charge on any atom is 0.410 e. The quantitative estimate of drug-likeness (QED) is 0.604. The molecule has 1 heterocycles. The van der Waals surface area contributed by atoms with Crippen LogP contribution >= 0.6 is 0 Å². The van der Waals surface area contributed by atoms with Crippen LogP contribution in [0, 0.1) is 5.92 Å². The molecule has 0 saturated carbocycles. The zero-order chi connectivity index (χ0) is 20.0. The van der Waals surface area contributed by atoms with Gasteiger partial charge < -0.3 is 30.2 Å². The minimum atomic E-state index is -0.485. The van der Waals surface area contributed by atoms with Crippen LogP contribution in [0.2, 0.25) is 0 Å². The largest absolute Gasteiger partial charge is 0.493 e. The Morgan fingerprint density at radius 2 is 2.00 bits per heavy atom. The van der Waals surface area contributed by atoms with Gasteiger partial charge in [-0.15, -0.1) is 0 Å². The number of hydrogen-bond acceptors (Lipinski definition) is 5. The Labute approximate surface area is 160 Å². The molecule has 1 aromatic carbocycles. The number of aliphatic imine (C=N–C) groups is 1. The van der Waals surface area contributed by atoms with E-state index in [1.54, 1.807) is 31.3 Å². The molecule has 1 fully saturated rings. The molecule has 1 unspecified atom stereocenters. The first-order chi connectivity index (χ1) is 12.7. The van der Waals surface area contributed by atoms with Gasteiger partial charge in [0.15, 0.2) is 17.5 Å². The Morgan fingerprint density at radius 3 is 2.63 bits per heavy atom. The predicted molar refractivity (Wildman–Crippen MR) is 106 cm³/mol. The normalized spacial score (nSPS) is 17.6. The number of guanidine groups is 1. The van der Waals surface area contributed by atoms with Crippen molar-refractivity contribution in [2.24, 2.45) is 16.6 Å². The summed E-state index contributed by atoms with van der Waals surface area (Å²) in [6.45, 7) is 7.45. The number of likely N-dealkylation sites (tertiary alicyclic amines) is 1. The van der Waals surface area contributed by atoms with Crippen molar-refractivity contribution in [2.45, 2.75) is 32.8 Å². The van der Waals surface area contributed by atoms with E-state index in [1.807, 2.05) is 26.8 Å². The number of benzene rings is 1. The smallest absolute Gasteiger partial charge is 0.410 e. The molecule has 150 valence electrons. The number of nitrogens with zero attached hydrogens (tertiary/aromatic N) is 2. The number of ether oxygens (including phenoxy) is 3. The van der Waals surface area contributed by atoms with Gasteiger partial charge in [-0.2, -0.15) is 0 Å². The molecule has 1 aromatic rings. The van der Waals surface area contributed by atoms with Crippen molar-refractivity contribution in [1.82, 2.24) is 4.90 Å². The number of nitrogens with two attached hydrogens (primary N) is 1. The third-order valence-corrected chi connectivity index (χ3v) is 4.11. The predicted octanol–water partition coefficient (Wildman–Crippen LogP) is 2.69. The van der Waals surface area contributed by atoms with Gasteiger partial charge in [0.2, 0.25) is 0 Å². The Hall–Kier alpha value is -2.64. The molecule has 1 amide bonds. The van der Waals surface area contributed by atoms with Crippen LogP contribution in [-0.2, 0) is 4.74 Å². The second kappa shape index (κ2) is 8.83. The molecule has 0 spiro atoms. The third-order valence-electron chi connectivity index (χ3n) is 4.11. The number of carbonyl (C=O) groups is 1. The maximum atomic E-state index is 12.1. The fourth-order valence-electron chi connectivity index (χ4n) is 2.80. The summed E-state index contributed by atoms with van der Waals surface area (Å²) in [5.74, 6) is 1.84. The molecule has 1 aliphatic rings. The van der Waals surface area contributed by atoms with Crippen LogP contribution in [0.25, 0.3) is 0 Å². The molecule has 3 N–H and O–H groups in total. The van der Waals surface area contributed by atoms with E-state index in [4.69, 9.17) is 19.9 Å². The molecular formula is C19H30N4O4. The van der Waals surface area contributed by atoms with Gasteiger partial charge in [-0.3, -0.25) is 4.99 Å². The number of anilines is 1. The van der Waals surface area contributed by atoms with Gasteiger partial charge in [0.25, 0.3) is 0 Å². The maximum absolute atomic E-state index is 12.1. The van der Waals surface area contributed by atoms with E-state index in [-0.39, 0.29) is 12.0 Å². The highest BCUT2D eigenvalue weighted by Crippen LogP contribution is 2.29.